The van der Waals surface area contributed by atoms with Crippen LogP contribution in [0.3, 0.4) is 0 Å². The minimum atomic E-state index is -4.34. The fourth-order valence-electron chi connectivity index (χ4n) is 2.79. The van der Waals surface area contributed by atoms with Crippen molar-refractivity contribution < 1.29 is 18.0 Å². The van der Waals surface area contributed by atoms with Crippen LogP contribution in [0.25, 0.3) is 0 Å². The van der Waals surface area contributed by atoms with E-state index in [0.717, 1.165) is 25.5 Å². The number of nitrogens with zero attached hydrogens (tertiary/aromatic N) is 1. The molecule has 6 heteroatoms. The number of alkyl halides is 3. The van der Waals surface area contributed by atoms with Crippen LogP contribution in [0.15, 0.2) is 24.3 Å². The molecule has 1 aromatic rings. The number of piperidine rings is 1. The third-order valence-corrected chi connectivity index (χ3v) is 3.84. The molecule has 0 aromatic heterocycles. The first-order chi connectivity index (χ1) is 9.91. The van der Waals surface area contributed by atoms with Crippen molar-refractivity contribution >= 4 is 5.91 Å². The molecule has 1 unspecified atom stereocenters. The first-order valence-electron chi connectivity index (χ1n) is 7.01. The van der Waals surface area contributed by atoms with Crippen LogP contribution < -0.4 is 5.32 Å². The number of nitrogens with one attached hydrogen (secondary N) is 1. The normalized spacial score (nSPS) is 20.3. The van der Waals surface area contributed by atoms with E-state index in [0.29, 0.717) is 6.54 Å². The number of rotatable bonds is 3. The summed E-state index contributed by atoms with van der Waals surface area (Å²) in [7, 11) is 1.58. The Morgan fingerprint density at radius 3 is 2.76 bits per heavy atom. The monoisotopic (exact) mass is 300 g/mol. The molecule has 1 N–H and O–H groups in total. The largest absolute Gasteiger partial charge is 0.416 e. The Bertz CT molecular complexity index is 502. The summed E-state index contributed by atoms with van der Waals surface area (Å²) in [5.41, 5.74) is -0.324. The van der Waals surface area contributed by atoms with E-state index in [2.05, 4.69) is 5.32 Å². The van der Waals surface area contributed by atoms with Gasteiger partial charge in [0.15, 0.2) is 0 Å². The quantitative estimate of drug-likeness (QED) is 0.931. The van der Waals surface area contributed by atoms with Gasteiger partial charge < -0.3 is 5.32 Å². The zero-order valence-electron chi connectivity index (χ0n) is 11.9. The van der Waals surface area contributed by atoms with Crippen molar-refractivity contribution in [2.45, 2.75) is 25.6 Å². The third-order valence-electron chi connectivity index (χ3n) is 3.84. The van der Waals surface area contributed by atoms with Crippen LogP contribution in [0.1, 0.15) is 24.0 Å². The lowest BCUT2D eigenvalue weighted by atomic mass is 9.96. The molecular formula is C15H19F3N2O. The molecule has 2 rings (SSSR count). The molecule has 1 amide bonds. The minimum absolute atomic E-state index is 0.0381. The van der Waals surface area contributed by atoms with Gasteiger partial charge in [-0.15, -0.1) is 0 Å². The van der Waals surface area contributed by atoms with E-state index in [1.54, 1.807) is 13.1 Å². The van der Waals surface area contributed by atoms with Crippen molar-refractivity contribution in [2.24, 2.45) is 5.92 Å². The Hall–Kier alpha value is -1.56. The van der Waals surface area contributed by atoms with Crippen molar-refractivity contribution in [1.29, 1.82) is 0 Å². The molecule has 0 bridgehead atoms. The van der Waals surface area contributed by atoms with Gasteiger partial charge in [-0.1, -0.05) is 18.2 Å². The number of carbonyl (C=O) groups excluding carboxylic acids is 1. The average Bonchev–Trinajstić information content (AvgIpc) is 2.46. The number of likely N-dealkylation sites (tertiary alicyclic amines) is 1. The van der Waals surface area contributed by atoms with Crippen molar-refractivity contribution in [3.8, 4) is 0 Å². The molecule has 0 saturated carbocycles. The van der Waals surface area contributed by atoms with Gasteiger partial charge in [0.1, 0.15) is 0 Å². The van der Waals surface area contributed by atoms with Crippen LogP contribution >= 0.6 is 0 Å². The van der Waals surface area contributed by atoms with Crippen LogP contribution in [0.2, 0.25) is 0 Å². The lowest BCUT2D eigenvalue weighted by Gasteiger charge is -2.32. The number of benzene rings is 1. The molecule has 1 saturated heterocycles. The van der Waals surface area contributed by atoms with E-state index in [1.807, 2.05) is 4.90 Å². The predicted octanol–water partition coefficient (Wildman–Crippen LogP) is 2.66. The fraction of sp³-hybridized carbons (Fsp3) is 0.533. The molecule has 21 heavy (non-hydrogen) atoms. The molecular weight excluding hydrogens is 281 g/mol. The van der Waals surface area contributed by atoms with Gasteiger partial charge in [0.05, 0.1) is 11.5 Å². The Morgan fingerprint density at radius 1 is 1.38 bits per heavy atom. The van der Waals surface area contributed by atoms with Crippen molar-refractivity contribution in [3.05, 3.63) is 35.4 Å². The molecule has 0 spiro atoms. The Balaban J connectivity index is 2.10. The minimum Gasteiger partial charge on any atom is -0.359 e. The maximum Gasteiger partial charge on any atom is 0.416 e. The van der Waals surface area contributed by atoms with Crippen molar-refractivity contribution in [1.82, 2.24) is 10.2 Å². The van der Waals surface area contributed by atoms with E-state index in [-0.39, 0.29) is 23.9 Å². The van der Waals surface area contributed by atoms with Crippen LogP contribution in [0.5, 0.6) is 0 Å². The highest BCUT2D eigenvalue weighted by molar-refractivity contribution is 5.78. The van der Waals surface area contributed by atoms with E-state index in [1.165, 1.54) is 12.1 Å². The first kappa shape index (κ1) is 15.8. The van der Waals surface area contributed by atoms with Gasteiger partial charge >= 0.3 is 6.18 Å². The zero-order valence-corrected chi connectivity index (χ0v) is 11.9. The second-order valence-corrected chi connectivity index (χ2v) is 5.34. The van der Waals surface area contributed by atoms with E-state index in [9.17, 15) is 18.0 Å². The fourth-order valence-corrected chi connectivity index (χ4v) is 2.79. The molecule has 1 heterocycles. The third kappa shape index (κ3) is 3.97. The summed E-state index contributed by atoms with van der Waals surface area (Å²) >= 11 is 0. The smallest absolute Gasteiger partial charge is 0.359 e. The molecule has 0 radical (unpaired) electrons. The highest BCUT2D eigenvalue weighted by Gasteiger charge is 2.34. The topological polar surface area (TPSA) is 32.3 Å². The lowest BCUT2D eigenvalue weighted by molar-refractivity contribution is -0.138. The van der Waals surface area contributed by atoms with Crippen LogP contribution in [-0.4, -0.2) is 30.9 Å². The van der Waals surface area contributed by atoms with E-state index in [4.69, 9.17) is 0 Å². The van der Waals surface area contributed by atoms with Gasteiger partial charge in [0, 0.05) is 20.1 Å². The Kier molecular flexibility index (Phi) is 4.88. The molecule has 1 atom stereocenters. The van der Waals surface area contributed by atoms with Gasteiger partial charge in [-0.05, 0) is 31.0 Å². The highest BCUT2D eigenvalue weighted by Crippen LogP contribution is 2.32. The maximum absolute atomic E-state index is 13.0. The van der Waals surface area contributed by atoms with Crippen LogP contribution in [0, 0.1) is 5.92 Å². The summed E-state index contributed by atoms with van der Waals surface area (Å²) in [5.74, 6) is -0.175. The standard InChI is InChI=1S/C15H19F3N2O/c1-19-14(21)12-6-4-8-20(10-12)9-11-5-2-3-7-13(11)15(16,17)18/h2-3,5,7,12H,4,6,8-10H2,1H3,(H,19,21). The Morgan fingerprint density at radius 2 is 2.10 bits per heavy atom. The summed E-state index contributed by atoms with van der Waals surface area (Å²) in [6.07, 6.45) is -2.73. The van der Waals surface area contributed by atoms with Crippen molar-refractivity contribution in [2.75, 3.05) is 20.1 Å². The van der Waals surface area contributed by atoms with Crippen molar-refractivity contribution in [3.63, 3.8) is 0 Å². The number of hydrogen-bond acceptors (Lipinski definition) is 2. The molecule has 0 aliphatic carbocycles. The summed E-state index contributed by atoms with van der Waals surface area (Å²) < 4.78 is 38.9. The lowest BCUT2D eigenvalue weighted by Crippen LogP contribution is -2.41. The average molecular weight is 300 g/mol. The van der Waals surface area contributed by atoms with Crippen LogP contribution in [-0.2, 0) is 17.5 Å². The second kappa shape index (κ2) is 6.47. The number of carbonyl (C=O) groups is 1. The predicted molar refractivity (Wildman–Crippen MR) is 73.5 cm³/mol. The number of halogens is 3. The van der Waals surface area contributed by atoms with Gasteiger partial charge in [-0.3, -0.25) is 9.69 Å². The van der Waals surface area contributed by atoms with Gasteiger partial charge in [-0.25, -0.2) is 0 Å². The van der Waals surface area contributed by atoms with E-state index >= 15 is 0 Å². The second-order valence-electron chi connectivity index (χ2n) is 5.34. The molecule has 3 nitrogen and oxygen atoms in total. The van der Waals surface area contributed by atoms with Gasteiger partial charge in [0.25, 0.3) is 0 Å². The van der Waals surface area contributed by atoms with Crippen LogP contribution in [0.4, 0.5) is 13.2 Å². The van der Waals surface area contributed by atoms with E-state index < -0.39 is 11.7 Å². The summed E-state index contributed by atoms with van der Waals surface area (Å²) in [5, 5.41) is 2.61. The summed E-state index contributed by atoms with van der Waals surface area (Å²) in [6.45, 7) is 1.45. The first-order valence-corrected chi connectivity index (χ1v) is 7.01. The Labute approximate surface area is 122 Å². The highest BCUT2D eigenvalue weighted by atomic mass is 19.4. The molecule has 116 valence electrons. The summed E-state index contributed by atoms with van der Waals surface area (Å²) in [4.78, 5) is 13.6. The molecule has 1 aromatic carbocycles. The zero-order chi connectivity index (χ0) is 15.5. The molecule has 1 aliphatic rings. The SMILES string of the molecule is CNC(=O)C1CCCN(Cc2ccccc2C(F)(F)F)C1. The molecule has 1 fully saturated rings. The molecule has 1 aliphatic heterocycles. The van der Waals surface area contributed by atoms with Gasteiger partial charge in [0.2, 0.25) is 5.91 Å². The van der Waals surface area contributed by atoms with Gasteiger partial charge in [-0.2, -0.15) is 13.2 Å². The number of hydrogen-bond donors (Lipinski definition) is 1. The summed E-state index contributed by atoms with van der Waals surface area (Å²) in [6, 6.07) is 5.63. The maximum atomic E-state index is 13.0. The number of amides is 1.